The normalized spacial score (nSPS) is 9.93. The molecule has 1 aromatic rings. The van der Waals surface area contributed by atoms with Gasteiger partial charge in [-0.3, -0.25) is 9.78 Å². The summed E-state index contributed by atoms with van der Waals surface area (Å²) < 4.78 is 0. The number of carbonyl (C=O) groups is 2. The second-order valence-corrected chi connectivity index (χ2v) is 3.55. The van der Waals surface area contributed by atoms with Crippen LogP contribution in [0.5, 0.6) is 0 Å². The minimum absolute atomic E-state index is 0.0548. The van der Waals surface area contributed by atoms with Gasteiger partial charge >= 0.3 is 0 Å². The highest BCUT2D eigenvalue weighted by Gasteiger charge is 2.05. The predicted octanol–water partition coefficient (Wildman–Crippen LogP) is 2.41. The predicted molar refractivity (Wildman–Crippen MR) is 57.7 cm³/mol. The van der Waals surface area contributed by atoms with Crippen molar-refractivity contribution >= 4 is 11.6 Å². The van der Waals surface area contributed by atoms with Gasteiger partial charge in [0.25, 0.3) is 0 Å². The first-order valence-electron chi connectivity index (χ1n) is 5.14. The molecule has 15 heavy (non-hydrogen) atoms. The Morgan fingerprint density at radius 3 is 2.53 bits per heavy atom. The fourth-order valence-corrected chi connectivity index (χ4v) is 1.32. The molecule has 0 saturated heterocycles. The van der Waals surface area contributed by atoms with Gasteiger partial charge in [-0.25, -0.2) is 0 Å². The molecule has 0 aliphatic carbocycles. The average Bonchev–Trinajstić information content (AvgIpc) is 2.25. The summed E-state index contributed by atoms with van der Waals surface area (Å²) in [6.45, 7) is 1.57. The van der Waals surface area contributed by atoms with E-state index < -0.39 is 0 Å². The summed E-state index contributed by atoms with van der Waals surface area (Å²) in [6, 6.07) is 5.30. The van der Waals surface area contributed by atoms with E-state index in [2.05, 4.69) is 4.98 Å². The van der Waals surface area contributed by atoms with Crippen LogP contribution in [-0.4, -0.2) is 16.6 Å². The molecule has 0 bridgehead atoms. The monoisotopic (exact) mass is 205 g/mol. The molecule has 1 aromatic heterocycles. The molecule has 0 atom stereocenters. The van der Waals surface area contributed by atoms with Crippen LogP contribution >= 0.6 is 0 Å². The van der Waals surface area contributed by atoms with E-state index in [-0.39, 0.29) is 11.6 Å². The average molecular weight is 205 g/mol. The van der Waals surface area contributed by atoms with Crippen molar-refractivity contribution in [3.8, 4) is 0 Å². The molecule has 0 aliphatic heterocycles. The molecule has 0 aromatic carbocycles. The van der Waals surface area contributed by atoms with E-state index >= 15 is 0 Å². The molecule has 80 valence electrons. The molecule has 0 aliphatic rings. The number of ketones is 2. The van der Waals surface area contributed by atoms with Crippen LogP contribution in [0.25, 0.3) is 0 Å². The van der Waals surface area contributed by atoms with Crippen molar-refractivity contribution < 1.29 is 9.59 Å². The number of hydrogen-bond donors (Lipinski definition) is 0. The Kier molecular flexibility index (Phi) is 4.68. The van der Waals surface area contributed by atoms with Crippen molar-refractivity contribution in [1.29, 1.82) is 0 Å². The van der Waals surface area contributed by atoms with Crippen molar-refractivity contribution in [3.05, 3.63) is 30.1 Å². The van der Waals surface area contributed by atoms with Crippen LogP contribution in [0.15, 0.2) is 24.4 Å². The molecule has 0 amide bonds. The van der Waals surface area contributed by atoms with Gasteiger partial charge in [0.2, 0.25) is 0 Å². The minimum Gasteiger partial charge on any atom is -0.300 e. The third-order valence-electron chi connectivity index (χ3n) is 2.13. The first-order valence-corrected chi connectivity index (χ1v) is 5.14. The van der Waals surface area contributed by atoms with Crippen LogP contribution in [0, 0.1) is 0 Å². The van der Waals surface area contributed by atoms with Crippen molar-refractivity contribution in [2.75, 3.05) is 0 Å². The first-order chi connectivity index (χ1) is 7.20. The lowest BCUT2D eigenvalue weighted by Crippen LogP contribution is -2.01. The number of hydrogen-bond acceptors (Lipinski definition) is 3. The fourth-order valence-electron chi connectivity index (χ4n) is 1.32. The molecule has 0 saturated carbocycles. The summed E-state index contributed by atoms with van der Waals surface area (Å²) in [6.07, 6.45) is 4.20. The zero-order chi connectivity index (χ0) is 11.1. The van der Waals surface area contributed by atoms with Crippen LogP contribution in [0.1, 0.15) is 43.1 Å². The summed E-state index contributed by atoms with van der Waals surface area (Å²) in [5.74, 6) is 0.236. The molecular weight excluding hydrogens is 190 g/mol. The summed E-state index contributed by atoms with van der Waals surface area (Å²) >= 11 is 0. The molecule has 0 spiro atoms. The smallest absolute Gasteiger partial charge is 0.181 e. The van der Waals surface area contributed by atoms with Gasteiger partial charge in [0.05, 0.1) is 0 Å². The lowest BCUT2D eigenvalue weighted by molar-refractivity contribution is -0.117. The number of rotatable bonds is 6. The topological polar surface area (TPSA) is 47.0 Å². The Hall–Kier alpha value is -1.51. The number of pyridine rings is 1. The van der Waals surface area contributed by atoms with E-state index in [1.807, 2.05) is 0 Å². The third kappa shape index (κ3) is 4.49. The molecule has 0 unspecified atom stereocenters. The fraction of sp³-hybridized carbons (Fsp3) is 0.417. The quantitative estimate of drug-likeness (QED) is 0.529. The maximum Gasteiger partial charge on any atom is 0.181 e. The summed E-state index contributed by atoms with van der Waals surface area (Å²) in [5.41, 5.74) is 0.514. The zero-order valence-electron chi connectivity index (χ0n) is 8.90. The Bertz CT molecular complexity index is 333. The van der Waals surface area contributed by atoms with Crippen LogP contribution in [0.3, 0.4) is 0 Å². The summed E-state index contributed by atoms with van der Waals surface area (Å²) in [5, 5.41) is 0. The van der Waals surface area contributed by atoms with Gasteiger partial charge < -0.3 is 4.79 Å². The number of carbonyl (C=O) groups excluding carboxylic acids is 2. The molecule has 1 rings (SSSR count). The van der Waals surface area contributed by atoms with E-state index in [1.54, 1.807) is 31.3 Å². The van der Waals surface area contributed by atoms with Gasteiger partial charge in [0, 0.05) is 19.0 Å². The lowest BCUT2D eigenvalue weighted by Gasteiger charge is -1.99. The molecular formula is C12H15NO2. The molecule has 1 heterocycles. The number of nitrogens with zero attached hydrogens (tertiary/aromatic N) is 1. The molecule has 0 radical (unpaired) electrons. The Balaban J connectivity index is 2.28. The highest BCUT2D eigenvalue weighted by atomic mass is 16.1. The van der Waals surface area contributed by atoms with Crippen molar-refractivity contribution in [3.63, 3.8) is 0 Å². The second kappa shape index (κ2) is 6.06. The Morgan fingerprint density at radius 1 is 1.20 bits per heavy atom. The molecule has 0 N–H and O–H groups in total. The van der Waals surface area contributed by atoms with Gasteiger partial charge in [-0.15, -0.1) is 0 Å². The maximum atomic E-state index is 11.5. The third-order valence-corrected chi connectivity index (χ3v) is 2.13. The van der Waals surface area contributed by atoms with Crippen LogP contribution in [-0.2, 0) is 4.79 Å². The van der Waals surface area contributed by atoms with E-state index in [0.29, 0.717) is 18.5 Å². The highest BCUT2D eigenvalue weighted by Crippen LogP contribution is 2.05. The van der Waals surface area contributed by atoms with Crippen molar-refractivity contribution in [1.82, 2.24) is 4.98 Å². The summed E-state index contributed by atoms with van der Waals surface area (Å²) in [7, 11) is 0. The molecule has 3 nitrogen and oxygen atoms in total. The largest absolute Gasteiger partial charge is 0.300 e. The minimum atomic E-state index is 0.0548. The van der Waals surface area contributed by atoms with Crippen molar-refractivity contribution in [2.45, 2.75) is 32.6 Å². The second-order valence-electron chi connectivity index (χ2n) is 3.55. The SMILES string of the molecule is CC(=O)CCCCC(=O)c1ccccn1. The standard InChI is InChI=1S/C12H15NO2/c1-10(14)6-2-3-8-12(15)11-7-4-5-9-13-11/h4-5,7,9H,2-3,6,8H2,1H3. The number of aromatic nitrogens is 1. The molecule has 0 fully saturated rings. The van der Waals surface area contributed by atoms with E-state index in [4.69, 9.17) is 0 Å². The number of Topliss-reactive ketones (excluding diaryl/α,β-unsaturated/α-hetero) is 2. The van der Waals surface area contributed by atoms with Gasteiger partial charge in [-0.05, 0) is 31.9 Å². The van der Waals surface area contributed by atoms with Crippen LogP contribution in [0.2, 0.25) is 0 Å². The van der Waals surface area contributed by atoms with Gasteiger partial charge in [-0.2, -0.15) is 0 Å². The Labute approximate surface area is 89.5 Å². The maximum absolute atomic E-state index is 11.5. The lowest BCUT2D eigenvalue weighted by atomic mass is 10.1. The zero-order valence-corrected chi connectivity index (χ0v) is 8.90. The summed E-state index contributed by atoms with van der Waals surface area (Å²) in [4.78, 5) is 26.2. The first kappa shape index (κ1) is 11.6. The highest BCUT2D eigenvalue weighted by molar-refractivity contribution is 5.94. The van der Waals surface area contributed by atoms with E-state index in [9.17, 15) is 9.59 Å². The van der Waals surface area contributed by atoms with E-state index in [0.717, 1.165) is 12.8 Å². The van der Waals surface area contributed by atoms with Gasteiger partial charge in [-0.1, -0.05) is 6.07 Å². The number of unbranched alkanes of at least 4 members (excludes halogenated alkanes) is 1. The van der Waals surface area contributed by atoms with E-state index in [1.165, 1.54) is 0 Å². The van der Waals surface area contributed by atoms with Gasteiger partial charge in [0.1, 0.15) is 11.5 Å². The van der Waals surface area contributed by atoms with Crippen LogP contribution in [0.4, 0.5) is 0 Å². The van der Waals surface area contributed by atoms with Crippen LogP contribution < -0.4 is 0 Å². The van der Waals surface area contributed by atoms with Crippen molar-refractivity contribution in [2.24, 2.45) is 0 Å². The Morgan fingerprint density at radius 2 is 1.93 bits per heavy atom. The van der Waals surface area contributed by atoms with Gasteiger partial charge in [0.15, 0.2) is 5.78 Å². The molecule has 3 heteroatoms.